The molecule has 1 aromatic rings. The zero-order valence-electron chi connectivity index (χ0n) is 13.7. The van der Waals surface area contributed by atoms with Crippen molar-refractivity contribution in [3.8, 4) is 17.2 Å². The number of aliphatic imine (C=N–C) groups is 1. The average molecular weight is 348 g/mol. The number of carbonyl (C=O) groups excluding carboxylic acids is 1. The van der Waals surface area contributed by atoms with E-state index in [-0.39, 0.29) is 11.7 Å². The van der Waals surface area contributed by atoms with Crippen molar-refractivity contribution in [3.63, 3.8) is 0 Å². The van der Waals surface area contributed by atoms with Gasteiger partial charge in [-0.1, -0.05) is 12.8 Å². The number of methoxy groups -OCH3 is 2. The zero-order chi connectivity index (χ0) is 17.1. The topological polar surface area (TPSA) is 80.2 Å². The van der Waals surface area contributed by atoms with Crippen LogP contribution in [-0.2, 0) is 4.79 Å². The Morgan fingerprint density at radius 3 is 2.46 bits per heavy atom. The maximum Gasteiger partial charge on any atom is 0.264 e. The highest BCUT2D eigenvalue weighted by molar-refractivity contribution is 8.18. The van der Waals surface area contributed by atoms with Crippen molar-refractivity contribution < 1.29 is 19.4 Å². The number of aromatic hydroxyl groups is 1. The number of hydrogen-bond acceptors (Lipinski definition) is 6. The molecule has 6 nitrogen and oxygen atoms in total. The second-order valence-corrected chi connectivity index (χ2v) is 6.74. The van der Waals surface area contributed by atoms with Crippen LogP contribution in [-0.4, -0.2) is 36.4 Å². The molecule has 0 atom stereocenters. The van der Waals surface area contributed by atoms with Crippen molar-refractivity contribution in [2.75, 3.05) is 14.2 Å². The number of phenolic OH excluding ortho intramolecular Hbond substituents is 1. The number of ether oxygens (including phenoxy) is 2. The summed E-state index contributed by atoms with van der Waals surface area (Å²) in [6, 6.07) is 3.64. The van der Waals surface area contributed by atoms with Crippen molar-refractivity contribution in [2.45, 2.75) is 31.7 Å². The van der Waals surface area contributed by atoms with Crippen molar-refractivity contribution in [1.82, 2.24) is 5.32 Å². The fraction of sp³-hybridized carbons (Fsp3) is 0.412. The number of phenols is 1. The number of hydrogen-bond donors (Lipinski definition) is 2. The molecule has 2 fully saturated rings. The summed E-state index contributed by atoms with van der Waals surface area (Å²) in [5, 5.41) is 13.4. The molecule has 1 amide bonds. The SMILES string of the molecule is COc1cc(/C=C2\SC(=NC3CCCC3)NC2=O)cc(OC)c1O. The normalized spacial score (nSPS) is 21.5. The molecule has 2 N–H and O–H groups in total. The van der Waals surface area contributed by atoms with Gasteiger partial charge in [0.2, 0.25) is 5.75 Å². The molecule has 3 rings (SSSR count). The van der Waals surface area contributed by atoms with Gasteiger partial charge in [-0.15, -0.1) is 0 Å². The molecule has 1 aromatic carbocycles. The van der Waals surface area contributed by atoms with E-state index in [4.69, 9.17) is 9.47 Å². The standard InChI is InChI=1S/C17H20N2O4S/c1-22-12-7-10(8-13(23-2)15(12)20)9-14-16(21)19-17(24-14)18-11-5-3-4-6-11/h7-9,11,20H,3-6H2,1-2H3,(H,18,19,21)/b14-9-. The Balaban J connectivity index is 1.84. The lowest BCUT2D eigenvalue weighted by Crippen LogP contribution is -2.21. The minimum Gasteiger partial charge on any atom is -0.502 e. The highest BCUT2D eigenvalue weighted by atomic mass is 32.2. The number of rotatable bonds is 4. The molecule has 0 aromatic heterocycles. The van der Waals surface area contributed by atoms with E-state index in [9.17, 15) is 9.90 Å². The number of nitrogens with zero attached hydrogens (tertiary/aromatic N) is 1. The molecule has 1 aliphatic heterocycles. The van der Waals surface area contributed by atoms with Crippen LogP contribution in [0.2, 0.25) is 0 Å². The molecule has 0 spiro atoms. The summed E-state index contributed by atoms with van der Waals surface area (Å²) in [6.45, 7) is 0. The number of carbonyl (C=O) groups is 1. The molecule has 0 radical (unpaired) electrons. The van der Waals surface area contributed by atoms with Crippen molar-refractivity contribution in [2.24, 2.45) is 4.99 Å². The summed E-state index contributed by atoms with van der Waals surface area (Å²) in [7, 11) is 2.93. The van der Waals surface area contributed by atoms with E-state index in [1.165, 1.54) is 38.8 Å². The second kappa shape index (κ2) is 7.17. The lowest BCUT2D eigenvalue weighted by Gasteiger charge is -2.09. The molecule has 0 unspecified atom stereocenters. The zero-order valence-corrected chi connectivity index (χ0v) is 14.5. The summed E-state index contributed by atoms with van der Waals surface area (Å²) in [5.41, 5.74) is 0.710. The van der Waals surface area contributed by atoms with E-state index in [0.29, 0.717) is 33.2 Å². The van der Waals surface area contributed by atoms with E-state index in [1.54, 1.807) is 18.2 Å². The lowest BCUT2D eigenvalue weighted by atomic mass is 10.1. The first-order valence-corrected chi connectivity index (χ1v) is 8.66. The van der Waals surface area contributed by atoms with Crippen LogP contribution in [0.1, 0.15) is 31.2 Å². The second-order valence-electron chi connectivity index (χ2n) is 5.71. The molecule has 24 heavy (non-hydrogen) atoms. The van der Waals surface area contributed by atoms with Crippen LogP contribution in [0.25, 0.3) is 6.08 Å². The van der Waals surface area contributed by atoms with Gasteiger partial charge in [0, 0.05) is 0 Å². The van der Waals surface area contributed by atoms with E-state index in [0.717, 1.165) is 12.8 Å². The predicted octanol–water partition coefficient (Wildman–Crippen LogP) is 2.91. The van der Waals surface area contributed by atoms with Crippen LogP contribution < -0.4 is 14.8 Å². The van der Waals surface area contributed by atoms with Gasteiger partial charge in [0.15, 0.2) is 16.7 Å². The number of nitrogens with one attached hydrogen (secondary N) is 1. The summed E-state index contributed by atoms with van der Waals surface area (Å²) in [4.78, 5) is 17.3. The van der Waals surface area contributed by atoms with Crippen LogP contribution in [0.15, 0.2) is 22.0 Å². The van der Waals surface area contributed by atoms with Gasteiger partial charge in [-0.05, 0) is 48.4 Å². The quantitative estimate of drug-likeness (QED) is 0.818. The van der Waals surface area contributed by atoms with Crippen LogP contribution in [0.3, 0.4) is 0 Å². The maximum atomic E-state index is 12.1. The van der Waals surface area contributed by atoms with Crippen LogP contribution >= 0.6 is 11.8 Å². The Bertz CT molecular complexity index is 684. The highest BCUT2D eigenvalue weighted by Crippen LogP contribution is 2.38. The number of benzene rings is 1. The van der Waals surface area contributed by atoms with Gasteiger partial charge < -0.3 is 19.9 Å². The molecule has 0 bridgehead atoms. The molecule has 1 saturated carbocycles. The van der Waals surface area contributed by atoms with E-state index >= 15 is 0 Å². The van der Waals surface area contributed by atoms with Crippen molar-refractivity contribution in [3.05, 3.63) is 22.6 Å². The van der Waals surface area contributed by atoms with Gasteiger partial charge >= 0.3 is 0 Å². The molecule has 7 heteroatoms. The van der Waals surface area contributed by atoms with Crippen LogP contribution in [0, 0.1) is 0 Å². The lowest BCUT2D eigenvalue weighted by molar-refractivity contribution is -0.115. The Morgan fingerprint density at radius 1 is 1.25 bits per heavy atom. The smallest absolute Gasteiger partial charge is 0.264 e. The molecule has 2 aliphatic rings. The van der Waals surface area contributed by atoms with Gasteiger partial charge in [0.25, 0.3) is 5.91 Å². The number of amidine groups is 1. The summed E-state index contributed by atoms with van der Waals surface area (Å²) in [6.07, 6.45) is 6.32. The Hall–Kier alpha value is -2.15. The first-order chi connectivity index (χ1) is 11.6. The first kappa shape index (κ1) is 16.7. The van der Waals surface area contributed by atoms with Crippen LogP contribution in [0.4, 0.5) is 0 Å². The Kier molecular flexibility index (Phi) is 4.99. The van der Waals surface area contributed by atoms with E-state index in [1.807, 2.05) is 0 Å². The molecular formula is C17H20N2O4S. The molecule has 1 aliphatic carbocycles. The molecule has 1 heterocycles. The van der Waals surface area contributed by atoms with Gasteiger partial charge in [0.05, 0.1) is 25.2 Å². The van der Waals surface area contributed by atoms with Gasteiger partial charge in [-0.25, -0.2) is 0 Å². The van der Waals surface area contributed by atoms with E-state index < -0.39 is 0 Å². The number of amides is 1. The third-order valence-electron chi connectivity index (χ3n) is 4.08. The minimum atomic E-state index is -0.164. The summed E-state index contributed by atoms with van der Waals surface area (Å²) in [5.74, 6) is 0.366. The fourth-order valence-corrected chi connectivity index (χ4v) is 3.73. The third-order valence-corrected chi connectivity index (χ3v) is 5.00. The molecule has 128 valence electrons. The maximum absolute atomic E-state index is 12.1. The van der Waals surface area contributed by atoms with Crippen molar-refractivity contribution in [1.29, 1.82) is 0 Å². The van der Waals surface area contributed by atoms with Gasteiger partial charge in [-0.3, -0.25) is 9.79 Å². The first-order valence-electron chi connectivity index (χ1n) is 7.84. The molecule has 1 saturated heterocycles. The number of thioether (sulfide) groups is 1. The average Bonchev–Trinajstić information content (AvgIpc) is 3.19. The van der Waals surface area contributed by atoms with Crippen LogP contribution in [0.5, 0.6) is 17.2 Å². The minimum absolute atomic E-state index is 0.0610. The Labute approximate surface area is 144 Å². The summed E-state index contributed by atoms with van der Waals surface area (Å²) >= 11 is 1.34. The fourth-order valence-electron chi connectivity index (χ4n) is 2.84. The van der Waals surface area contributed by atoms with Crippen molar-refractivity contribution >= 4 is 28.9 Å². The highest BCUT2D eigenvalue weighted by Gasteiger charge is 2.26. The van der Waals surface area contributed by atoms with Gasteiger partial charge in [-0.2, -0.15) is 0 Å². The van der Waals surface area contributed by atoms with E-state index in [2.05, 4.69) is 10.3 Å². The molecular weight excluding hydrogens is 328 g/mol. The predicted molar refractivity (Wildman–Crippen MR) is 94.6 cm³/mol. The van der Waals surface area contributed by atoms with Gasteiger partial charge in [0.1, 0.15) is 0 Å². The largest absolute Gasteiger partial charge is 0.502 e. The third kappa shape index (κ3) is 3.51. The summed E-state index contributed by atoms with van der Waals surface area (Å²) < 4.78 is 10.3. The Morgan fingerprint density at radius 2 is 1.88 bits per heavy atom. The monoisotopic (exact) mass is 348 g/mol.